The smallest absolute Gasteiger partial charge is 0.232 e. The summed E-state index contributed by atoms with van der Waals surface area (Å²) in [6, 6.07) is 9.81. The maximum atomic E-state index is 12.1. The average Bonchev–Trinajstić information content (AvgIpc) is 3.20. The minimum atomic E-state index is -1.28. The molecule has 5 nitrogen and oxygen atoms in total. The summed E-state index contributed by atoms with van der Waals surface area (Å²) in [4.78, 5) is 16.2. The highest BCUT2D eigenvalue weighted by molar-refractivity contribution is 7.84. The van der Waals surface area contributed by atoms with Crippen molar-refractivity contribution in [1.29, 1.82) is 0 Å². The zero-order chi connectivity index (χ0) is 16.1. The van der Waals surface area contributed by atoms with Crippen LogP contribution in [-0.2, 0) is 21.3 Å². The van der Waals surface area contributed by atoms with Crippen LogP contribution >= 0.6 is 0 Å². The average molecular weight is 332 g/mol. The Hall–Kier alpha value is -1.95. The van der Waals surface area contributed by atoms with Crippen molar-refractivity contribution < 1.29 is 13.4 Å². The number of oxazole rings is 1. The van der Waals surface area contributed by atoms with Gasteiger partial charge in [0.25, 0.3) is 0 Å². The summed E-state index contributed by atoms with van der Waals surface area (Å²) in [5.41, 5.74) is 1.49. The first-order valence-electron chi connectivity index (χ1n) is 7.85. The van der Waals surface area contributed by atoms with Crippen molar-refractivity contribution in [3.63, 3.8) is 0 Å². The Balaban J connectivity index is 1.52. The molecule has 1 saturated carbocycles. The molecule has 1 N–H and O–H groups in total. The summed E-state index contributed by atoms with van der Waals surface area (Å²) in [6.45, 7) is 0. The molecule has 0 radical (unpaired) electrons. The van der Waals surface area contributed by atoms with Crippen LogP contribution in [0.2, 0.25) is 0 Å². The molecule has 0 spiro atoms. The number of rotatable bonds is 6. The lowest BCUT2D eigenvalue weighted by molar-refractivity contribution is -0.119. The second-order valence-electron chi connectivity index (χ2n) is 5.79. The molecular formula is C17H20N2O3S. The molecule has 0 saturated heterocycles. The van der Waals surface area contributed by atoms with Crippen LogP contribution < -0.4 is 5.32 Å². The van der Waals surface area contributed by atoms with Crippen LogP contribution in [0, 0.1) is 0 Å². The number of nitrogens with one attached hydrogen (secondary N) is 1. The van der Waals surface area contributed by atoms with E-state index in [4.69, 9.17) is 4.42 Å². The topological polar surface area (TPSA) is 72.2 Å². The van der Waals surface area contributed by atoms with E-state index in [0.717, 1.165) is 31.2 Å². The molecule has 1 atom stereocenters. The number of aromatic nitrogens is 1. The number of nitrogens with zero attached hydrogens (tertiary/aromatic N) is 1. The summed E-state index contributed by atoms with van der Waals surface area (Å²) in [5.74, 6) is 0.619. The zero-order valence-corrected chi connectivity index (χ0v) is 13.7. The number of carbonyl (C=O) groups excluding carboxylic acids is 1. The predicted octanol–water partition coefficient (Wildman–Crippen LogP) is 2.65. The van der Waals surface area contributed by atoms with Crippen molar-refractivity contribution >= 4 is 16.7 Å². The summed E-state index contributed by atoms with van der Waals surface area (Å²) >= 11 is 0. The van der Waals surface area contributed by atoms with E-state index < -0.39 is 10.8 Å². The number of benzene rings is 1. The molecule has 122 valence electrons. The molecule has 1 amide bonds. The third-order valence-electron chi connectivity index (χ3n) is 3.89. The molecule has 1 heterocycles. The van der Waals surface area contributed by atoms with Crippen molar-refractivity contribution in [2.45, 2.75) is 37.5 Å². The van der Waals surface area contributed by atoms with Gasteiger partial charge in [0.1, 0.15) is 12.0 Å². The second-order valence-corrected chi connectivity index (χ2v) is 7.24. The second kappa shape index (κ2) is 7.55. The van der Waals surface area contributed by atoms with E-state index in [1.54, 1.807) is 0 Å². The summed E-state index contributed by atoms with van der Waals surface area (Å²) in [6.07, 6.45) is 5.89. The third-order valence-corrected chi connectivity index (χ3v) is 5.10. The van der Waals surface area contributed by atoms with Crippen molar-refractivity contribution in [1.82, 2.24) is 10.3 Å². The van der Waals surface area contributed by atoms with Gasteiger partial charge >= 0.3 is 0 Å². The van der Waals surface area contributed by atoms with Crippen LogP contribution in [0.15, 0.2) is 41.0 Å². The van der Waals surface area contributed by atoms with Crippen LogP contribution in [0.25, 0.3) is 11.5 Å². The van der Waals surface area contributed by atoms with Crippen LogP contribution in [0.5, 0.6) is 0 Å². The first kappa shape index (κ1) is 15.9. The molecule has 1 aliphatic rings. The highest BCUT2D eigenvalue weighted by atomic mass is 32.2. The lowest BCUT2D eigenvalue weighted by atomic mass is 10.2. The van der Waals surface area contributed by atoms with Gasteiger partial charge in [0, 0.05) is 22.4 Å². The molecular weight excluding hydrogens is 312 g/mol. The van der Waals surface area contributed by atoms with E-state index in [2.05, 4.69) is 10.3 Å². The van der Waals surface area contributed by atoms with Gasteiger partial charge in [0.05, 0.1) is 11.4 Å². The van der Waals surface area contributed by atoms with Crippen LogP contribution in [0.4, 0.5) is 0 Å². The van der Waals surface area contributed by atoms with Gasteiger partial charge in [-0.2, -0.15) is 0 Å². The Kier molecular flexibility index (Phi) is 5.23. The molecule has 0 bridgehead atoms. The van der Waals surface area contributed by atoms with Gasteiger partial charge in [-0.1, -0.05) is 31.0 Å². The SMILES string of the molecule is O=C(C[S@@](=O)Cc1coc(-c2ccccc2)n1)NC1CCCC1. The van der Waals surface area contributed by atoms with Gasteiger partial charge in [0.2, 0.25) is 11.8 Å². The van der Waals surface area contributed by atoms with Crippen molar-refractivity contribution in [3.05, 3.63) is 42.3 Å². The van der Waals surface area contributed by atoms with Gasteiger partial charge in [-0.25, -0.2) is 4.98 Å². The molecule has 1 aromatic heterocycles. The van der Waals surface area contributed by atoms with Gasteiger partial charge in [0.15, 0.2) is 0 Å². The lowest BCUT2D eigenvalue weighted by Gasteiger charge is -2.11. The first-order valence-corrected chi connectivity index (χ1v) is 9.33. The Morgan fingerprint density at radius 1 is 1.26 bits per heavy atom. The Labute approximate surface area is 138 Å². The number of hydrogen-bond donors (Lipinski definition) is 1. The van der Waals surface area contributed by atoms with Crippen LogP contribution in [0.1, 0.15) is 31.4 Å². The quantitative estimate of drug-likeness (QED) is 0.883. The molecule has 3 rings (SSSR count). The molecule has 2 aromatic rings. The predicted molar refractivity (Wildman–Crippen MR) is 89.1 cm³/mol. The monoisotopic (exact) mass is 332 g/mol. The van der Waals surface area contributed by atoms with Crippen molar-refractivity contribution in [2.75, 3.05) is 5.75 Å². The molecule has 1 aromatic carbocycles. The van der Waals surface area contributed by atoms with Gasteiger partial charge in [-0.15, -0.1) is 0 Å². The van der Waals surface area contributed by atoms with E-state index in [9.17, 15) is 9.00 Å². The van der Waals surface area contributed by atoms with E-state index in [0.29, 0.717) is 11.6 Å². The van der Waals surface area contributed by atoms with E-state index >= 15 is 0 Å². The summed E-state index contributed by atoms with van der Waals surface area (Å²) < 4.78 is 17.5. The first-order chi connectivity index (χ1) is 11.2. The Bertz CT molecular complexity index is 678. The normalized spacial score (nSPS) is 16.3. The third kappa shape index (κ3) is 4.51. The molecule has 1 aliphatic carbocycles. The van der Waals surface area contributed by atoms with E-state index in [1.807, 2.05) is 30.3 Å². The van der Waals surface area contributed by atoms with Gasteiger partial charge < -0.3 is 9.73 Å². The molecule has 0 aliphatic heterocycles. The number of hydrogen-bond acceptors (Lipinski definition) is 4. The van der Waals surface area contributed by atoms with Crippen LogP contribution in [0.3, 0.4) is 0 Å². The fourth-order valence-electron chi connectivity index (χ4n) is 2.79. The molecule has 6 heteroatoms. The number of carbonyl (C=O) groups is 1. The van der Waals surface area contributed by atoms with E-state index in [-0.39, 0.29) is 23.5 Å². The van der Waals surface area contributed by atoms with Crippen molar-refractivity contribution in [2.24, 2.45) is 0 Å². The minimum absolute atomic E-state index is 0.0179. The zero-order valence-electron chi connectivity index (χ0n) is 12.9. The maximum Gasteiger partial charge on any atom is 0.232 e. The lowest BCUT2D eigenvalue weighted by Crippen LogP contribution is -2.35. The highest BCUT2D eigenvalue weighted by Gasteiger charge is 2.19. The Morgan fingerprint density at radius 3 is 2.74 bits per heavy atom. The van der Waals surface area contributed by atoms with Crippen molar-refractivity contribution in [3.8, 4) is 11.5 Å². The summed E-state index contributed by atoms with van der Waals surface area (Å²) in [5, 5.41) is 2.95. The highest BCUT2D eigenvalue weighted by Crippen LogP contribution is 2.19. The van der Waals surface area contributed by atoms with Gasteiger partial charge in [-0.3, -0.25) is 9.00 Å². The van der Waals surface area contributed by atoms with Gasteiger partial charge in [-0.05, 0) is 25.0 Å². The molecule has 23 heavy (non-hydrogen) atoms. The maximum absolute atomic E-state index is 12.1. The standard InChI is InChI=1S/C17H20N2O3S/c20-16(18-14-8-4-5-9-14)12-23(21)11-15-10-22-17(19-15)13-6-2-1-3-7-13/h1-3,6-7,10,14H,4-5,8-9,11-12H2,(H,18,20)/t23-/m0/s1. The largest absolute Gasteiger partial charge is 0.444 e. The molecule has 1 fully saturated rings. The number of amides is 1. The van der Waals surface area contributed by atoms with Crippen LogP contribution in [-0.4, -0.2) is 26.9 Å². The van der Waals surface area contributed by atoms with E-state index in [1.165, 1.54) is 6.26 Å². The fourth-order valence-corrected chi connectivity index (χ4v) is 3.73. The minimum Gasteiger partial charge on any atom is -0.444 e. The summed E-state index contributed by atoms with van der Waals surface area (Å²) in [7, 11) is -1.28. The Morgan fingerprint density at radius 2 is 2.00 bits per heavy atom. The molecule has 0 unspecified atom stereocenters. The fraction of sp³-hybridized carbons (Fsp3) is 0.412.